The van der Waals surface area contributed by atoms with Crippen LogP contribution in [-0.2, 0) is 24.3 Å². The minimum Gasteiger partial charge on any atom is -0.468 e. The molecule has 2 aromatic rings. The van der Waals surface area contributed by atoms with Crippen LogP contribution in [0.4, 0.5) is 16.5 Å². The van der Waals surface area contributed by atoms with Gasteiger partial charge in [0.1, 0.15) is 6.54 Å². The first-order valence-electron chi connectivity index (χ1n) is 7.65. The Morgan fingerprint density at radius 1 is 1.38 bits per heavy atom. The van der Waals surface area contributed by atoms with E-state index < -0.39 is 33.4 Å². The van der Waals surface area contributed by atoms with E-state index in [1.807, 2.05) is 0 Å². The number of sulfonamides is 1. The molecule has 0 fully saturated rings. The fourth-order valence-electron chi connectivity index (χ4n) is 1.95. The van der Waals surface area contributed by atoms with Gasteiger partial charge in [-0.05, 0) is 6.07 Å². The highest BCUT2D eigenvalue weighted by Crippen LogP contribution is 2.26. The number of nitro groups is 1. The summed E-state index contributed by atoms with van der Waals surface area (Å²) < 4.78 is 29.8. The van der Waals surface area contributed by atoms with Crippen molar-refractivity contribution in [2.75, 3.05) is 35.3 Å². The summed E-state index contributed by atoms with van der Waals surface area (Å²) in [6.07, 6.45) is 0.881. The summed E-state index contributed by atoms with van der Waals surface area (Å²) in [7, 11) is -2.65. The number of amides is 1. The maximum absolute atomic E-state index is 12.3. The molecule has 0 aliphatic carbocycles. The van der Waals surface area contributed by atoms with Crippen LogP contribution in [0.1, 0.15) is 0 Å². The summed E-state index contributed by atoms with van der Waals surface area (Å²) in [5.41, 5.74) is -0.337. The van der Waals surface area contributed by atoms with Gasteiger partial charge >= 0.3 is 5.97 Å². The molecule has 1 heterocycles. The summed E-state index contributed by atoms with van der Waals surface area (Å²) in [4.78, 5) is 33.7. The molecule has 0 saturated heterocycles. The number of benzene rings is 1. The number of carbonyl (C=O) groups is 2. The second kappa shape index (κ2) is 9.62. The number of esters is 1. The lowest BCUT2D eigenvalue weighted by molar-refractivity contribution is -0.384. The highest BCUT2D eigenvalue weighted by atomic mass is 32.2. The molecule has 1 aromatic carbocycles. The average Bonchev–Trinajstić information content (AvgIpc) is 3.10. The smallest absolute Gasteiger partial charge is 0.316 e. The Bertz CT molecular complexity index is 1020. The Kier molecular flexibility index (Phi) is 7.46. The van der Waals surface area contributed by atoms with Gasteiger partial charge in [-0.3, -0.25) is 29.3 Å². The molecule has 0 aliphatic rings. The summed E-state index contributed by atoms with van der Waals surface area (Å²) in [6.45, 7) is -0.621. The largest absolute Gasteiger partial charge is 0.468 e. The zero-order valence-corrected chi connectivity index (χ0v) is 17.5. The van der Waals surface area contributed by atoms with Crippen molar-refractivity contribution in [2.24, 2.45) is 0 Å². The van der Waals surface area contributed by atoms with E-state index in [2.05, 4.69) is 20.3 Å². The molecule has 0 radical (unpaired) electrons. The van der Waals surface area contributed by atoms with Crippen LogP contribution in [0.2, 0.25) is 0 Å². The minimum atomic E-state index is -3.90. The first kappa shape index (κ1) is 22.5. The van der Waals surface area contributed by atoms with E-state index in [9.17, 15) is 28.1 Å². The van der Waals surface area contributed by atoms with E-state index in [1.165, 1.54) is 25.3 Å². The Balaban J connectivity index is 2.10. The SMILES string of the molecule is COC(=O)CSc1nnc(NC(=O)CN(c2cccc([N+](=O)[O-])c2)S(C)(=O)=O)s1. The van der Waals surface area contributed by atoms with Crippen molar-refractivity contribution in [3.63, 3.8) is 0 Å². The monoisotopic (exact) mass is 461 g/mol. The molecule has 0 atom stereocenters. The van der Waals surface area contributed by atoms with Crippen LogP contribution >= 0.6 is 23.1 Å². The normalized spacial score (nSPS) is 11.0. The van der Waals surface area contributed by atoms with Crippen LogP contribution in [0.5, 0.6) is 0 Å². The number of hydrogen-bond acceptors (Lipinski definition) is 11. The fourth-order valence-corrected chi connectivity index (χ4v) is 4.40. The van der Waals surface area contributed by atoms with Gasteiger partial charge in [0.25, 0.3) is 5.69 Å². The van der Waals surface area contributed by atoms with Crippen LogP contribution < -0.4 is 9.62 Å². The fraction of sp³-hybridized carbons (Fsp3) is 0.286. The van der Waals surface area contributed by atoms with Crippen molar-refractivity contribution in [3.8, 4) is 0 Å². The molecule has 0 spiro atoms. The lowest BCUT2D eigenvalue weighted by Gasteiger charge is -2.21. The van der Waals surface area contributed by atoms with Gasteiger partial charge in [0.15, 0.2) is 4.34 Å². The van der Waals surface area contributed by atoms with Crippen LogP contribution in [0.25, 0.3) is 0 Å². The summed E-state index contributed by atoms with van der Waals surface area (Å²) in [6, 6.07) is 4.92. The number of carbonyl (C=O) groups excluding carboxylic acids is 2. The van der Waals surface area contributed by atoms with Gasteiger partial charge in [0.2, 0.25) is 21.1 Å². The highest BCUT2D eigenvalue weighted by Gasteiger charge is 2.23. The molecular formula is C14H15N5O7S3. The van der Waals surface area contributed by atoms with Crippen molar-refractivity contribution in [3.05, 3.63) is 34.4 Å². The Morgan fingerprint density at radius 3 is 2.72 bits per heavy atom. The number of ether oxygens (including phenoxy) is 1. The maximum atomic E-state index is 12.3. The molecule has 0 aliphatic heterocycles. The van der Waals surface area contributed by atoms with Crippen molar-refractivity contribution >= 4 is 61.5 Å². The third-order valence-electron chi connectivity index (χ3n) is 3.21. The van der Waals surface area contributed by atoms with Gasteiger partial charge in [-0.1, -0.05) is 29.2 Å². The second-order valence-corrected chi connectivity index (χ2v) is 9.44. The third kappa shape index (κ3) is 6.65. The second-order valence-electron chi connectivity index (χ2n) is 5.33. The molecule has 1 aromatic heterocycles. The topological polar surface area (TPSA) is 162 Å². The molecule has 0 bridgehead atoms. The molecule has 156 valence electrons. The highest BCUT2D eigenvalue weighted by molar-refractivity contribution is 8.01. The van der Waals surface area contributed by atoms with Gasteiger partial charge in [0.05, 0.1) is 29.7 Å². The standard InChI is InChI=1S/C14H15N5O7S3/c1-26-12(21)8-27-14-17-16-13(28-14)15-11(20)7-18(29(2,24)25)9-4-3-5-10(6-9)19(22)23/h3-6H,7-8H2,1-2H3,(H,15,16,20). The molecule has 29 heavy (non-hydrogen) atoms. The van der Waals surface area contributed by atoms with E-state index >= 15 is 0 Å². The van der Waals surface area contributed by atoms with E-state index in [1.54, 1.807) is 0 Å². The van der Waals surface area contributed by atoms with Crippen molar-refractivity contribution in [1.29, 1.82) is 0 Å². The first-order valence-corrected chi connectivity index (χ1v) is 11.3. The van der Waals surface area contributed by atoms with Crippen LogP contribution in [-0.4, -0.2) is 61.1 Å². The Labute approximate surface area is 173 Å². The number of methoxy groups -OCH3 is 1. The quantitative estimate of drug-likeness (QED) is 0.188. The van der Waals surface area contributed by atoms with Crippen LogP contribution in [0.3, 0.4) is 0 Å². The number of nitrogens with zero attached hydrogens (tertiary/aromatic N) is 4. The van der Waals surface area contributed by atoms with Gasteiger partial charge < -0.3 is 4.74 Å². The predicted molar refractivity (Wildman–Crippen MR) is 107 cm³/mol. The van der Waals surface area contributed by atoms with Gasteiger partial charge in [0, 0.05) is 12.1 Å². The molecule has 12 nitrogen and oxygen atoms in total. The number of nitrogens with one attached hydrogen (secondary N) is 1. The molecule has 1 amide bonds. The van der Waals surface area contributed by atoms with Crippen LogP contribution in [0, 0.1) is 10.1 Å². The number of thioether (sulfide) groups is 1. The van der Waals surface area contributed by atoms with Crippen molar-refractivity contribution < 1.29 is 27.7 Å². The van der Waals surface area contributed by atoms with Gasteiger partial charge in [-0.15, -0.1) is 10.2 Å². The lowest BCUT2D eigenvalue weighted by Crippen LogP contribution is -2.37. The molecule has 0 saturated carbocycles. The third-order valence-corrected chi connectivity index (χ3v) is 6.30. The Morgan fingerprint density at radius 2 is 2.10 bits per heavy atom. The Hall–Kier alpha value is -2.78. The summed E-state index contributed by atoms with van der Waals surface area (Å²) >= 11 is 2.06. The van der Waals surface area contributed by atoms with E-state index in [0.717, 1.165) is 39.7 Å². The molecule has 0 unspecified atom stereocenters. The summed E-state index contributed by atoms with van der Waals surface area (Å²) in [5.74, 6) is -1.15. The lowest BCUT2D eigenvalue weighted by atomic mass is 10.3. The van der Waals surface area contributed by atoms with E-state index in [-0.39, 0.29) is 22.3 Å². The number of aromatic nitrogens is 2. The number of non-ortho nitro benzene ring substituents is 1. The van der Waals surface area contributed by atoms with E-state index in [0.29, 0.717) is 4.34 Å². The minimum absolute atomic E-state index is 0.0216. The van der Waals surface area contributed by atoms with Crippen LogP contribution in [0.15, 0.2) is 28.6 Å². The number of nitro benzene ring substituents is 1. The van der Waals surface area contributed by atoms with Gasteiger partial charge in [-0.2, -0.15) is 0 Å². The number of hydrogen-bond donors (Lipinski definition) is 1. The first-order chi connectivity index (χ1) is 13.6. The van der Waals surface area contributed by atoms with Crippen molar-refractivity contribution in [1.82, 2.24) is 10.2 Å². The molecule has 15 heteroatoms. The van der Waals surface area contributed by atoms with Gasteiger partial charge in [-0.25, -0.2) is 8.42 Å². The zero-order valence-electron chi connectivity index (χ0n) is 15.1. The number of rotatable bonds is 9. The number of anilines is 2. The summed E-state index contributed by atoms with van der Waals surface area (Å²) in [5, 5.41) is 21.0. The van der Waals surface area contributed by atoms with Crippen molar-refractivity contribution in [2.45, 2.75) is 4.34 Å². The maximum Gasteiger partial charge on any atom is 0.316 e. The molecule has 1 N–H and O–H groups in total. The zero-order chi connectivity index (χ0) is 21.6. The predicted octanol–water partition coefficient (Wildman–Crippen LogP) is 1.12. The molecular weight excluding hydrogens is 446 g/mol. The average molecular weight is 462 g/mol. The van der Waals surface area contributed by atoms with E-state index in [4.69, 9.17) is 0 Å². The molecule has 2 rings (SSSR count).